The minimum Gasteiger partial charge on any atom is -0.480 e. The van der Waals surface area contributed by atoms with Crippen molar-refractivity contribution in [3.8, 4) is 17.2 Å². The number of aliphatic carboxylic acids is 1. The lowest BCUT2D eigenvalue weighted by Crippen LogP contribution is -2.37. The number of halogens is 2. The van der Waals surface area contributed by atoms with Crippen molar-refractivity contribution in [2.45, 2.75) is 17.4 Å². The quantitative estimate of drug-likeness (QED) is 0.0979. The molecule has 0 aliphatic rings. The van der Waals surface area contributed by atoms with E-state index in [1.54, 1.807) is 34.7 Å². The van der Waals surface area contributed by atoms with Crippen molar-refractivity contribution in [1.82, 2.24) is 9.88 Å². The smallest absolute Gasteiger partial charge is 0.416 e. The van der Waals surface area contributed by atoms with Gasteiger partial charge in [-0.1, -0.05) is 77.2 Å². The van der Waals surface area contributed by atoms with E-state index in [2.05, 4.69) is 27.6 Å². The van der Waals surface area contributed by atoms with E-state index in [1.165, 1.54) is 12.1 Å². The Labute approximate surface area is 258 Å². The molecule has 0 bridgehead atoms. The maximum Gasteiger partial charge on any atom is 0.416 e. The first-order chi connectivity index (χ1) is 19.3. The van der Waals surface area contributed by atoms with Crippen molar-refractivity contribution in [2.75, 3.05) is 6.54 Å². The molecule has 0 aliphatic heterocycles. The highest BCUT2D eigenvalue weighted by Gasteiger charge is 2.20. The predicted octanol–water partition coefficient (Wildman–Crippen LogP) is 7.19. The zero-order chi connectivity index (χ0) is 28.5. The van der Waals surface area contributed by atoms with Crippen molar-refractivity contribution < 1.29 is 28.6 Å². The van der Waals surface area contributed by atoms with Gasteiger partial charge >= 0.3 is 12.1 Å². The summed E-state index contributed by atoms with van der Waals surface area (Å²) in [7, 11) is 0. The SMILES string of the molecule is O=C(O)CN(Cc1ccc(/C=C/Cc2nc(-c3ccccc3)oc2CI)cc1)C(=O)Oc1ccc(C(=O)I)cc1. The molecule has 4 aromatic rings. The lowest BCUT2D eigenvalue weighted by Gasteiger charge is -2.20. The number of allylic oxidation sites excluding steroid dienone is 1. The van der Waals surface area contributed by atoms with E-state index in [0.29, 0.717) is 22.3 Å². The monoisotopic (exact) mass is 762 g/mol. The fourth-order valence-electron chi connectivity index (χ4n) is 3.78. The number of carbonyl (C=O) groups is 3. The van der Waals surface area contributed by atoms with Gasteiger partial charge in [0, 0.05) is 46.7 Å². The number of carbonyl (C=O) groups excluding carboxylic acids is 2. The molecule has 0 fully saturated rings. The molecule has 0 radical (unpaired) electrons. The second-order valence-corrected chi connectivity index (χ2v) is 10.4. The van der Waals surface area contributed by atoms with Gasteiger partial charge in [-0.25, -0.2) is 9.78 Å². The van der Waals surface area contributed by atoms with Crippen molar-refractivity contribution in [3.05, 3.63) is 113 Å². The number of rotatable bonds is 11. The Hall–Kier alpha value is -3.52. The molecule has 0 aliphatic carbocycles. The Morgan fingerprint density at radius 2 is 1.68 bits per heavy atom. The lowest BCUT2D eigenvalue weighted by molar-refractivity contribution is -0.138. The molecule has 0 spiro atoms. The Kier molecular flexibility index (Phi) is 10.5. The maximum atomic E-state index is 12.7. The number of carboxylic acid groups (broad SMARTS) is 1. The lowest BCUT2D eigenvalue weighted by atomic mass is 10.1. The Balaban J connectivity index is 1.38. The largest absolute Gasteiger partial charge is 0.480 e. The van der Waals surface area contributed by atoms with Crippen LogP contribution in [-0.2, 0) is 22.2 Å². The van der Waals surface area contributed by atoms with Gasteiger partial charge in [-0.15, -0.1) is 0 Å². The predicted molar refractivity (Wildman–Crippen MR) is 168 cm³/mol. The van der Waals surface area contributed by atoms with Gasteiger partial charge in [-0.2, -0.15) is 0 Å². The summed E-state index contributed by atoms with van der Waals surface area (Å²) >= 11 is 3.93. The molecule has 1 amide bonds. The van der Waals surface area contributed by atoms with E-state index >= 15 is 0 Å². The summed E-state index contributed by atoms with van der Waals surface area (Å²) in [6.45, 7) is -0.466. The normalized spacial score (nSPS) is 10.9. The van der Waals surface area contributed by atoms with Gasteiger partial charge in [0.25, 0.3) is 0 Å². The molecule has 8 nitrogen and oxygen atoms in total. The van der Waals surface area contributed by atoms with Crippen LogP contribution in [0.3, 0.4) is 0 Å². The number of benzene rings is 3. The van der Waals surface area contributed by atoms with Crippen LogP contribution >= 0.6 is 45.2 Å². The van der Waals surface area contributed by atoms with E-state index < -0.39 is 18.6 Å². The third kappa shape index (κ3) is 8.24. The Morgan fingerprint density at radius 1 is 0.975 bits per heavy atom. The van der Waals surface area contributed by atoms with Crippen LogP contribution in [0.4, 0.5) is 4.79 Å². The van der Waals surface area contributed by atoms with Gasteiger partial charge in [0.15, 0.2) is 0 Å². The maximum absolute atomic E-state index is 12.7. The molecule has 0 unspecified atom stereocenters. The number of nitrogens with zero attached hydrogens (tertiary/aromatic N) is 2. The fourth-order valence-corrected chi connectivity index (χ4v) is 4.74. The van der Waals surface area contributed by atoms with Gasteiger partial charge in [-0.3, -0.25) is 14.5 Å². The summed E-state index contributed by atoms with van der Waals surface area (Å²) in [4.78, 5) is 41.3. The second kappa shape index (κ2) is 14.2. The highest BCUT2D eigenvalue weighted by atomic mass is 127. The summed E-state index contributed by atoms with van der Waals surface area (Å²) in [5.41, 5.74) is 3.99. The van der Waals surface area contributed by atoms with Crippen LogP contribution in [0.1, 0.15) is 32.9 Å². The first kappa shape index (κ1) is 29.5. The first-order valence-corrected chi connectivity index (χ1v) is 14.8. The number of aromatic nitrogens is 1. The zero-order valence-electron chi connectivity index (χ0n) is 21.1. The molecule has 4 rings (SSSR count). The molecule has 10 heteroatoms. The highest BCUT2D eigenvalue weighted by Crippen LogP contribution is 2.24. The van der Waals surface area contributed by atoms with E-state index in [4.69, 9.17) is 9.15 Å². The molecular formula is C30H24I2N2O6. The summed E-state index contributed by atoms with van der Waals surface area (Å²) in [6, 6.07) is 23.3. The van der Waals surface area contributed by atoms with Gasteiger partial charge < -0.3 is 14.3 Å². The van der Waals surface area contributed by atoms with E-state index in [-0.39, 0.29) is 16.1 Å². The van der Waals surface area contributed by atoms with Crippen molar-refractivity contribution >= 4 is 67.1 Å². The molecule has 1 N–H and O–H groups in total. The van der Waals surface area contributed by atoms with Gasteiger partial charge in [0.05, 0.1) is 10.1 Å². The average Bonchev–Trinajstić information content (AvgIpc) is 3.37. The summed E-state index contributed by atoms with van der Waals surface area (Å²) in [6.07, 6.45) is 3.81. The first-order valence-electron chi connectivity index (χ1n) is 12.2. The third-order valence-corrected chi connectivity index (χ3v) is 7.08. The standard InChI is InChI=1S/C30H24I2N2O6/c31-17-26-25(33-29(40-26)23-6-2-1-3-7-23)8-4-5-20-9-11-21(12-10-20)18-34(19-27(35)36)30(38)39-24-15-13-22(14-16-24)28(32)37/h1-7,9-16H,8,17-19H2,(H,35,36)/b5-4+. The minimum absolute atomic E-state index is 0.0552. The molecule has 204 valence electrons. The fraction of sp³-hybridized carbons (Fsp3) is 0.133. The zero-order valence-corrected chi connectivity index (χ0v) is 25.4. The van der Waals surface area contributed by atoms with E-state index in [1.807, 2.05) is 66.7 Å². The number of amides is 1. The van der Waals surface area contributed by atoms with Crippen LogP contribution in [0.5, 0.6) is 5.75 Å². The highest BCUT2D eigenvalue weighted by molar-refractivity contribution is 14.1. The van der Waals surface area contributed by atoms with Crippen LogP contribution in [0.15, 0.2) is 89.4 Å². The molecule has 1 aromatic heterocycles. The van der Waals surface area contributed by atoms with Gasteiger partial charge in [0.2, 0.25) is 9.68 Å². The van der Waals surface area contributed by atoms with Crippen LogP contribution in [0.25, 0.3) is 17.5 Å². The molecule has 1 heterocycles. The van der Waals surface area contributed by atoms with Gasteiger partial charge in [0.1, 0.15) is 18.1 Å². The molecule has 3 aromatic carbocycles. The summed E-state index contributed by atoms with van der Waals surface area (Å²) < 4.78 is 11.9. The van der Waals surface area contributed by atoms with Gasteiger partial charge in [-0.05, 0) is 47.5 Å². The average molecular weight is 762 g/mol. The number of alkyl halides is 1. The Bertz CT molecular complexity index is 1500. The molecule has 0 atom stereocenters. The van der Waals surface area contributed by atoms with Crippen LogP contribution < -0.4 is 4.74 Å². The van der Waals surface area contributed by atoms with Crippen molar-refractivity contribution in [2.24, 2.45) is 0 Å². The summed E-state index contributed by atoms with van der Waals surface area (Å²) in [5, 5.41) is 9.30. The number of hydrogen-bond donors (Lipinski definition) is 1. The van der Waals surface area contributed by atoms with Crippen LogP contribution in [0.2, 0.25) is 0 Å². The van der Waals surface area contributed by atoms with E-state index in [0.717, 1.165) is 33.0 Å². The third-order valence-electron chi connectivity index (χ3n) is 5.77. The summed E-state index contributed by atoms with van der Waals surface area (Å²) in [5.74, 6) is 0.518. The van der Waals surface area contributed by atoms with Crippen LogP contribution in [0, 0.1) is 0 Å². The molecule has 0 saturated heterocycles. The topological polar surface area (TPSA) is 110 Å². The number of carboxylic acids is 1. The van der Waals surface area contributed by atoms with Crippen molar-refractivity contribution in [1.29, 1.82) is 0 Å². The van der Waals surface area contributed by atoms with Crippen LogP contribution in [-0.4, -0.2) is 37.4 Å². The number of oxazole rings is 1. The molecule has 40 heavy (non-hydrogen) atoms. The number of ether oxygens (including phenoxy) is 1. The minimum atomic E-state index is -1.16. The Morgan fingerprint density at radius 3 is 2.30 bits per heavy atom. The number of hydrogen-bond acceptors (Lipinski definition) is 6. The molecule has 0 saturated carbocycles. The van der Waals surface area contributed by atoms with E-state index in [9.17, 15) is 19.5 Å². The second-order valence-electron chi connectivity index (χ2n) is 8.65. The molecular weight excluding hydrogens is 738 g/mol. The van der Waals surface area contributed by atoms with Crippen molar-refractivity contribution in [3.63, 3.8) is 0 Å².